The highest BCUT2D eigenvalue weighted by atomic mass is 16.5. The van der Waals surface area contributed by atoms with Gasteiger partial charge in [-0.1, -0.05) is 17.7 Å². The maximum absolute atomic E-state index is 11.1. The predicted octanol–water partition coefficient (Wildman–Crippen LogP) is 1.56. The number of aryl methyl sites for hydroxylation is 2. The van der Waals surface area contributed by atoms with Crippen molar-refractivity contribution in [3.8, 4) is 5.75 Å². The minimum absolute atomic E-state index is 0.428. The quantitative estimate of drug-likeness (QED) is 0.806. The Hall–Kier alpha value is -1.84. The number of benzene rings is 1. The minimum atomic E-state index is -0.543. The van der Waals surface area contributed by atoms with Gasteiger partial charge in [-0.2, -0.15) is 0 Å². The molecular formula is C14H19NO3. The van der Waals surface area contributed by atoms with Crippen molar-refractivity contribution in [3.63, 3.8) is 0 Å². The average molecular weight is 249 g/mol. The van der Waals surface area contributed by atoms with Crippen molar-refractivity contribution in [1.82, 2.24) is 5.32 Å². The van der Waals surface area contributed by atoms with Gasteiger partial charge in [0.2, 0.25) is 5.78 Å². The minimum Gasteiger partial charge on any atom is -0.496 e. The Morgan fingerprint density at radius 1 is 1.28 bits per heavy atom. The van der Waals surface area contributed by atoms with Gasteiger partial charge in [-0.3, -0.25) is 9.59 Å². The molecule has 18 heavy (non-hydrogen) atoms. The molecular weight excluding hydrogens is 230 g/mol. The lowest BCUT2D eigenvalue weighted by Crippen LogP contribution is -2.30. The van der Waals surface area contributed by atoms with Crippen LogP contribution in [0.2, 0.25) is 0 Å². The molecule has 0 atom stereocenters. The highest BCUT2D eigenvalue weighted by Gasteiger charge is 2.09. The third-order valence-electron chi connectivity index (χ3n) is 2.70. The Balaban J connectivity index is 2.72. The maximum atomic E-state index is 11.1. The first kappa shape index (κ1) is 14.2. The number of carbonyl (C=O) groups excluding carboxylic acids is 2. The molecule has 0 aliphatic heterocycles. The molecule has 0 aliphatic carbocycles. The number of methoxy groups -OCH3 is 1. The molecule has 1 N–H and O–H groups in total. The summed E-state index contributed by atoms with van der Waals surface area (Å²) >= 11 is 0. The lowest BCUT2D eigenvalue weighted by molar-refractivity contribution is -0.136. The number of carbonyl (C=O) groups is 2. The fourth-order valence-electron chi connectivity index (χ4n) is 1.96. The Bertz CT molecular complexity index is 466. The molecule has 0 bridgehead atoms. The highest BCUT2D eigenvalue weighted by Crippen LogP contribution is 2.25. The van der Waals surface area contributed by atoms with Crippen LogP contribution in [0.25, 0.3) is 0 Å². The van der Waals surface area contributed by atoms with Crippen molar-refractivity contribution in [2.45, 2.75) is 27.2 Å². The van der Waals surface area contributed by atoms with E-state index in [-0.39, 0.29) is 0 Å². The number of ketones is 1. The molecule has 1 aromatic carbocycles. The van der Waals surface area contributed by atoms with Crippen LogP contribution in [0.15, 0.2) is 12.1 Å². The van der Waals surface area contributed by atoms with Crippen molar-refractivity contribution >= 4 is 11.7 Å². The van der Waals surface area contributed by atoms with Crippen LogP contribution in [0, 0.1) is 13.8 Å². The van der Waals surface area contributed by atoms with E-state index in [9.17, 15) is 9.59 Å². The maximum Gasteiger partial charge on any atom is 0.287 e. The van der Waals surface area contributed by atoms with Gasteiger partial charge >= 0.3 is 0 Å². The van der Waals surface area contributed by atoms with Gasteiger partial charge in [0, 0.05) is 13.5 Å². The molecule has 1 aromatic rings. The van der Waals surface area contributed by atoms with E-state index < -0.39 is 11.7 Å². The Kier molecular flexibility index (Phi) is 4.89. The number of nitrogens with one attached hydrogen (secondary N) is 1. The van der Waals surface area contributed by atoms with Gasteiger partial charge in [0.1, 0.15) is 5.75 Å². The van der Waals surface area contributed by atoms with Crippen molar-refractivity contribution in [2.24, 2.45) is 0 Å². The van der Waals surface area contributed by atoms with Crippen molar-refractivity contribution in [2.75, 3.05) is 13.7 Å². The molecule has 0 radical (unpaired) electrons. The van der Waals surface area contributed by atoms with Gasteiger partial charge in [0.25, 0.3) is 5.91 Å². The van der Waals surface area contributed by atoms with Gasteiger partial charge in [-0.25, -0.2) is 0 Å². The number of rotatable bonds is 5. The zero-order chi connectivity index (χ0) is 13.7. The van der Waals surface area contributed by atoms with E-state index >= 15 is 0 Å². The standard InChI is InChI=1S/C14H19NO3/c1-9-7-10(2)13(18-4)12(8-9)5-6-15-14(17)11(3)16/h7-8H,5-6H2,1-4H3,(H,15,17). The molecule has 0 aromatic heterocycles. The molecule has 4 nitrogen and oxygen atoms in total. The third kappa shape index (κ3) is 3.58. The summed E-state index contributed by atoms with van der Waals surface area (Å²) < 4.78 is 5.36. The topological polar surface area (TPSA) is 55.4 Å². The van der Waals surface area contributed by atoms with E-state index in [1.165, 1.54) is 6.92 Å². The zero-order valence-electron chi connectivity index (χ0n) is 11.3. The van der Waals surface area contributed by atoms with Gasteiger partial charge < -0.3 is 10.1 Å². The highest BCUT2D eigenvalue weighted by molar-refractivity contribution is 6.35. The zero-order valence-corrected chi connectivity index (χ0v) is 11.3. The summed E-state index contributed by atoms with van der Waals surface area (Å²) in [6.45, 7) is 5.69. The van der Waals surface area contributed by atoms with Crippen LogP contribution < -0.4 is 10.1 Å². The van der Waals surface area contributed by atoms with Gasteiger partial charge in [-0.05, 0) is 31.4 Å². The second-order valence-electron chi connectivity index (χ2n) is 4.34. The number of amides is 1. The van der Waals surface area contributed by atoms with Crippen LogP contribution >= 0.6 is 0 Å². The van der Waals surface area contributed by atoms with E-state index in [0.717, 1.165) is 22.4 Å². The first-order valence-corrected chi connectivity index (χ1v) is 5.88. The van der Waals surface area contributed by atoms with E-state index in [2.05, 4.69) is 11.4 Å². The summed E-state index contributed by atoms with van der Waals surface area (Å²) in [6, 6.07) is 4.09. The number of ether oxygens (including phenoxy) is 1. The van der Waals surface area contributed by atoms with Gasteiger partial charge in [0.05, 0.1) is 7.11 Å². The normalized spacial score (nSPS) is 10.0. The number of Topliss-reactive ketones (excluding diaryl/α,β-unsaturated/α-hetero) is 1. The second kappa shape index (κ2) is 6.19. The Labute approximate surface area is 107 Å². The first-order valence-electron chi connectivity index (χ1n) is 5.88. The fraction of sp³-hybridized carbons (Fsp3) is 0.429. The molecule has 4 heteroatoms. The first-order chi connectivity index (χ1) is 8.45. The molecule has 0 heterocycles. The van der Waals surface area contributed by atoms with Crippen LogP contribution in [-0.4, -0.2) is 25.3 Å². The number of hydrogen-bond donors (Lipinski definition) is 1. The third-order valence-corrected chi connectivity index (χ3v) is 2.70. The van der Waals surface area contributed by atoms with E-state index in [4.69, 9.17) is 4.74 Å². The summed E-state index contributed by atoms with van der Waals surface area (Å²) in [5.41, 5.74) is 3.27. The monoisotopic (exact) mass is 249 g/mol. The summed E-state index contributed by atoms with van der Waals surface area (Å²) in [5.74, 6) is -0.168. The van der Waals surface area contributed by atoms with Crippen molar-refractivity contribution in [1.29, 1.82) is 0 Å². The Morgan fingerprint density at radius 3 is 2.50 bits per heavy atom. The SMILES string of the molecule is COc1c(C)cc(C)cc1CCNC(=O)C(C)=O. The Morgan fingerprint density at radius 2 is 1.94 bits per heavy atom. The molecule has 0 saturated carbocycles. The van der Waals surface area contributed by atoms with Crippen LogP contribution in [0.3, 0.4) is 0 Å². The lowest BCUT2D eigenvalue weighted by Gasteiger charge is -2.13. The van der Waals surface area contributed by atoms with Crippen LogP contribution in [-0.2, 0) is 16.0 Å². The molecule has 0 aliphatic rings. The molecule has 0 unspecified atom stereocenters. The summed E-state index contributed by atoms with van der Waals surface area (Å²) in [7, 11) is 1.63. The lowest BCUT2D eigenvalue weighted by atomic mass is 10.0. The largest absolute Gasteiger partial charge is 0.496 e. The van der Waals surface area contributed by atoms with Gasteiger partial charge in [-0.15, -0.1) is 0 Å². The van der Waals surface area contributed by atoms with Gasteiger partial charge in [0.15, 0.2) is 0 Å². The smallest absolute Gasteiger partial charge is 0.287 e. The van der Waals surface area contributed by atoms with E-state index in [0.29, 0.717) is 13.0 Å². The molecule has 0 fully saturated rings. The molecule has 0 saturated heterocycles. The van der Waals surface area contributed by atoms with E-state index in [1.807, 2.05) is 19.9 Å². The second-order valence-corrected chi connectivity index (χ2v) is 4.34. The summed E-state index contributed by atoms with van der Waals surface area (Å²) in [5, 5.41) is 2.58. The molecule has 0 spiro atoms. The average Bonchev–Trinajstić information content (AvgIpc) is 2.28. The van der Waals surface area contributed by atoms with Crippen LogP contribution in [0.4, 0.5) is 0 Å². The van der Waals surface area contributed by atoms with Crippen LogP contribution in [0.5, 0.6) is 5.75 Å². The van der Waals surface area contributed by atoms with E-state index in [1.54, 1.807) is 7.11 Å². The molecule has 98 valence electrons. The molecule has 1 rings (SSSR count). The molecule has 1 amide bonds. The summed E-state index contributed by atoms with van der Waals surface area (Å²) in [4.78, 5) is 21.9. The van der Waals surface area contributed by atoms with Crippen molar-refractivity contribution < 1.29 is 14.3 Å². The summed E-state index contributed by atoms with van der Waals surface area (Å²) in [6.07, 6.45) is 0.644. The van der Waals surface area contributed by atoms with Crippen LogP contribution in [0.1, 0.15) is 23.6 Å². The number of hydrogen-bond acceptors (Lipinski definition) is 3. The fourth-order valence-corrected chi connectivity index (χ4v) is 1.96. The van der Waals surface area contributed by atoms with Crippen molar-refractivity contribution in [3.05, 3.63) is 28.8 Å². The predicted molar refractivity (Wildman–Crippen MR) is 69.9 cm³/mol.